The van der Waals surface area contributed by atoms with E-state index in [1.165, 1.54) is 19.3 Å². The number of halogens is 1. The molecule has 116 valence electrons. The van der Waals surface area contributed by atoms with Crippen LogP contribution < -0.4 is 14.8 Å². The van der Waals surface area contributed by atoms with Crippen LogP contribution >= 0.6 is 11.6 Å². The Morgan fingerprint density at radius 3 is 2.57 bits per heavy atom. The number of benzene rings is 1. The van der Waals surface area contributed by atoms with Crippen molar-refractivity contribution in [1.82, 2.24) is 5.32 Å². The molecule has 3 nitrogen and oxygen atoms in total. The molecule has 1 aromatic carbocycles. The van der Waals surface area contributed by atoms with Crippen molar-refractivity contribution in [3.8, 4) is 11.5 Å². The number of rotatable bonds is 2. The van der Waals surface area contributed by atoms with E-state index >= 15 is 0 Å². The molecule has 0 aromatic heterocycles. The monoisotopic (exact) mass is 309 g/mol. The molecule has 0 aliphatic carbocycles. The number of hydrogen-bond donors (Lipinski definition) is 1. The molecule has 1 atom stereocenters. The van der Waals surface area contributed by atoms with Gasteiger partial charge in [-0.1, -0.05) is 31.9 Å². The molecule has 1 unspecified atom stereocenters. The normalized spacial score (nSPS) is 24.4. The molecule has 0 amide bonds. The van der Waals surface area contributed by atoms with Crippen molar-refractivity contribution in [3.63, 3.8) is 0 Å². The van der Waals surface area contributed by atoms with Crippen LogP contribution in [0.4, 0.5) is 0 Å². The van der Waals surface area contributed by atoms with Crippen LogP contribution in [0.2, 0.25) is 5.02 Å². The van der Waals surface area contributed by atoms with Gasteiger partial charge in [-0.2, -0.15) is 0 Å². The fourth-order valence-corrected chi connectivity index (χ4v) is 3.14. The molecule has 2 aliphatic rings. The lowest BCUT2D eigenvalue weighted by molar-refractivity contribution is 0.140. The maximum absolute atomic E-state index is 6.44. The number of nitrogens with one attached hydrogen (secondary N) is 1. The van der Waals surface area contributed by atoms with Crippen molar-refractivity contribution in [2.75, 3.05) is 19.8 Å². The topological polar surface area (TPSA) is 30.5 Å². The summed E-state index contributed by atoms with van der Waals surface area (Å²) < 4.78 is 11.8. The number of fused-ring (bicyclic) bond motifs is 1. The lowest BCUT2D eigenvalue weighted by Gasteiger charge is -2.24. The van der Waals surface area contributed by atoms with E-state index < -0.39 is 0 Å². The van der Waals surface area contributed by atoms with Crippen molar-refractivity contribution < 1.29 is 9.47 Å². The zero-order chi connectivity index (χ0) is 14.9. The summed E-state index contributed by atoms with van der Waals surface area (Å²) in [4.78, 5) is 0. The van der Waals surface area contributed by atoms with Gasteiger partial charge in [0.15, 0.2) is 11.5 Å². The average molecular weight is 310 g/mol. The van der Waals surface area contributed by atoms with E-state index in [2.05, 4.69) is 25.2 Å². The van der Waals surface area contributed by atoms with Gasteiger partial charge >= 0.3 is 0 Å². The summed E-state index contributed by atoms with van der Waals surface area (Å²) in [7, 11) is 0. The summed E-state index contributed by atoms with van der Waals surface area (Å²) in [5, 5.41) is 4.35. The van der Waals surface area contributed by atoms with Crippen molar-refractivity contribution >= 4 is 11.6 Å². The molecule has 3 rings (SSSR count). The SMILES string of the molecule is CC1(C)COc2cc(Cl)c(CC3CCCCN3)cc2OC1. The number of hydrogen-bond acceptors (Lipinski definition) is 3. The van der Waals surface area contributed by atoms with Crippen LogP contribution in [0.3, 0.4) is 0 Å². The Bertz CT molecular complexity index is 510. The van der Waals surface area contributed by atoms with Gasteiger partial charge in [-0.15, -0.1) is 0 Å². The third-order valence-corrected chi connectivity index (χ3v) is 4.58. The molecule has 1 N–H and O–H groups in total. The van der Waals surface area contributed by atoms with Crippen molar-refractivity contribution in [3.05, 3.63) is 22.7 Å². The van der Waals surface area contributed by atoms with Gasteiger partial charge in [0.05, 0.1) is 13.2 Å². The Kier molecular flexibility index (Phi) is 4.32. The van der Waals surface area contributed by atoms with E-state index in [0.29, 0.717) is 19.3 Å². The van der Waals surface area contributed by atoms with Gasteiger partial charge in [0, 0.05) is 22.5 Å². The van der Waals surface area contributed by atoms with Crippen LogP contribution in [-0.4, -0.2) is 25.8 Å². The highest BCUT2D eigenvalue weighted by molar-refractivity contribution is 6.31. The van der Waals surface area contributed by atoms with Gasteiger partial charge in [-0.05, 0) is 37.4 Å². The quantitative estimate of drug-likeness (QED) is 0.901. The van der Waals surface area contributed by atoms with E-state index in [0.717, 1.165) is 35.1 Å². The Hall–Kier alpha value is -0.930. The maximum Gasteiger partial charge on any atom is 0.162 e. The van der Waals surface area contributed by atoms with Gasteiger partial charge < -0.3 is 14.8 Å². The highest BCUT2D eigenvalue weighted by Gasteiger charge is 2.26. The molecule has 1 saturated heterocycles. The molecular formula is C17H24ClNO2. The second-order valence-corrected chi connectivity index (χ2v) is 7.39. The van der Waals surface area contributed by atoms with Crippen LogP contribution in [0, 0.1) is 5.41 Å². The van der Waals surface area contributed by atoms with Crippen LogP contribution in [0.25, 0.3) is 0 Å². The predicted molar refractivity (Wildman–Crippen MR) is 85.6 cm³/mol. The molecule has 2 aliphatic heterocycles. The third kappa shape index (κ3) is 3.64. The van der Waals surface area contributed by atoms with Gasteiger partial charge in [0.25, 0.3) is 0 Å². The second-order valence-electron chi connectivity index (χ2n) is 6.98. The van der Waals surface area contributed by atoms with Crippen LogP contribution in [0.15, 0.2) is 12.1 Å². The third-order valence-electron chi connectivity index (χ3n) is 4.23. The fraction of sp³-hybridized carbons (Fsp3) is 0.647. The summed E-state index contributed by atoms with van der Waals surface area (Å²) in [6, 6.07) is 4.50. The first kappa shape index (κ1) is 15.0. The smallest absolute Gasteiger partial charge is 0.162 e. The minimum Gasteiger partial charge on any atom is -0.489 e. The summed E-state index contributed by atoms with van der Waals surface area (Å²) >= 11 is 6.44. The molecule has 0 bridgehead atoms. The van der Waals surface area contributed by atoms with Crippen molar-refractivity contribution in [2.45, 2.75) is 45.6 Å². The fourth-order valence-electron chi connectivity index (χ4n) is 2.91. The van der Waals surface area contributed by atoms with E-state index in [4.69, 9.17) is 21.1 Å². The largest absolute Gasteiger partial charge is 0.489 e. The average Bonchev–Trinajstić information content (AvgIpc) is 2.60. The molecule has 1 aromatic rings. The number of piperidine rings is 1. The van der Waals surface area contributed by atoms with Gasteiger partial charge in [0.1, 0.15) is 0 Å². The molecule has 0 radical (unpaired) electrons. The Morgan fingerprint density at radius 2 is 1.90 bits per heavy atom. The first-order valence-corrected chi connectivity index (χ1v) is 8.23. The molecule has 1 fully saturated rings. The minimum absolute atomic E-state index is 0.0244. The van der Waals surface area contributed by atoms with Gasteiger partial charge in [-0.25, -0.2) is 0 Å². The van der Waals surface area contributed by atoms with Gasteiger partial charge in [0.2, 0.25) is 0 Å². The highest BCUT2D eigenvalue weighted by atomic mass is 35.5. The van der Waals surface area contributed by atoms with Gasteiger partial charge in [-0.3, -0.25) is 0 Å². The molecule has 0 saturated carbocycles. The molecular weight excluding hydrogens is 286 g/mol. The Balaban J connectivity index is 1.79. The van der Waals surface area contributed by atoms with E-state index in [-0.39, 0.29) is 5.41 Å². The minimum atomic E-state index is 0.0244. The first-order chi connectivity index (χ1) is 10.0. The van der Waals surface area contributed by atoms with Crippen molar-refractivity contribution in [2.24, 2.45) is 5.41 Å². The predicted octanol–water partition coefficient (Wildman–Crippen LogP) is 3.82. The first-order valence-electron chi connectivity index (χ1n) is 7.85. The standard InChI is InChI=1S/C17H24ClNO2/c1-17(2)10-20-15-8-12(7-13-5-3-4-6-19-13)14(18)9-16(15)21-11-17/h8-9,13,19H,3-7,10-11H2,1-2H3. The molecule has 2 heterocycles. The van der Waals surface area contributed by atoms with Crippen LogP contribution in [0.5, 0.6) is 11.5 Å². The maximum atomic E-state index is 6.44. The van der Waals surface area contributed by atoms with Crippen LogP contribution in [0.1, 0.15) is 38.7 Å². The highest BCUT2D eigenvalue weighted by Crippen LogP contribution is 2.38. The lowest BCUT2D eigenvalue weighted by atomic mass is 9.97. The second kappa shape index (κ2) is 6.05. The summed E-state index contributed by atoms with van der Waals surface area (Å²) in [5.41, 5.74) is 1.18. The lowest BCUT2D eigenvalue weighted by Crippen LogP contribution is -2.35. The summed E-state index contributed by atoms with van der Waals surface area (Å²) in [6.45, 7) is 6.73. The molecule has 4 heteroatoms. The van der Waals surface area contributed by atoms with Crippen molar-refractivity contribution in [1.29, 1.82) is 0 Å². The Labute approximate surface area is 132 Å². The molecule has 21 heavy (non-hydrogen) atoms. The van der Waals surface area contributed by atoms with E-state index in [1.54, 1.807) is 0 Å². The zero-order valence-corrected chi connectivity index (χ0v) is 13.6. The van der Waals surface area contributed by atoms with Crippen LogP contribution in [-0.2, 0) is 6.42 Å². The van der Waals surface area contributed by atoms with E-state index in [1.807, 2.05) is 6.07 Å². The van der Waals surface area contributed by atoms with E-state index in [9.17, 15) is 0 Å². The molecule has 0 spiro atoms. The Morgan fingerprint density at radius 1 is 1.19 bits per heavy atom. The number of ether oxygens (including phenoxy) is 2. The zero-order valence-electron chi connectivity index (χ0n) is 12.9. The summed E-state index contributed by atoms with van der Waals surface area (Å²) in [5.74, 6) is 1.60. The summed E-state index contributed by atoms with van der Waals surface area (Å²) in [6.07, 6.45) is 4.76.